The van der Waals surface area contributed by atoms with E-state index < -0.39 is 0 Å². The third-order valence-electron chi connectivity index (χ3n) is 6.31. The van der Waals surface area contributed by atoms with Crippen LogP contribution in [-0.4, -0.2) is 31.7 Å². The summed E-state index contributed by atoms with van der Waals surface area (Å²) in [7, 11) is 3.43. The summed E-state index contributed by atoms with van der Waals surface area (Å²) in [6.07, 6.45) is 5.16. The number of ether oxygens (including phenoxy) is 2. The normalized spacial score (nSPS) is 20.0. The third kappa shape index (κ3) is 2.30. The van der Waals surface area contributed by atoms with Gasteiger partial charge in [0.1, 0.15) is 0 Å². The second-order valence-corrected chi connectivity index (χ2v) is 7.58. The number of nitrogens with zero attached hydrogens (tertiary/aromatic N) is 1. The van der Waals surface area contributed by atoms with Crippen LogP contribution in [0.25, 0.3) is 21.5 Å². The van der Waals surface area contributed by atoms with Crippen LogP contribution in [0.4, 0.5) is 0 Å². The highest BCUT2D eigenvalue weighted by atomic mass is 16.5. The fraction of sp³-hybridized carbons (Fsp3) is 0.391. The van der Waals surface area contributed by atoms with E-state index in [0.29, 0.717) is 6.04 Å². The highest BCUT2D eigenvalue weighted by Crippen LogP contribution is 2.43. The minimum Gasteiger partial charge on any atom is -0.493 e. The molecule has 134 valence electrons. The predicted octanol–water partition coefficient (Wildman–Crippen LogP) is 4.92. The number of benzene rings is 3. The molecule has 2 aliphatic rings. The smallest absolute Gasteiger partial charge is 0.161 e. The Kier molecular flexibility index (Phi) is 3.79. The molecule has 3 aromatic rings. The molecular weight excluding hydrogens is 322 g/mol. The van der Waals surface area contributed by atoms with E-state index in [-0.39, 0.29) is 0 Å². The molecule has 0 saturated carbocycles. The quantitative estimate of drug-likeness (QED) is 0.614. The Morgan fingerprint density at radius 3 is 2.35 bits per heavy atom. The maximum absolute atomic E-state index is 5.62. The van der Waals surface area contributed by atoms with Crippen molar-refractivity contribution in [2.75, 3.05) is 20.8 Å². The molecule has 3 aromatic carbocycles. The summed E-state index contributed by atoms with van der Waals surface area (Å²) in [4.78, 5) is 2.70. The van der Waals surface area contributed by atoms with Gasteiger partial charge in [0.2, 0.25) is 0 Å². The van der Waals surface area contributed by atoms with E-state index in [9.17, 15) is 0 Å². The van der Waals surface area contributed by atoms with Gasteiger partial charge in [-0.05, 0) is 70.6 Å². The van der Waals surface area contributed by atoms with E-state index in [0.717, 1.165) is 24.5 Å². The molecule has 0 spiro atoms. The second kappa shape index (κ2) is 6.17. The van der Waals surface area contributed by atoms with Gasteiger partial charge in [-0.25, -0.2) is 0 Å². The highest BCUT2D eigenvalue weighted by Gasteiger charge is 2.31. The van der Waals surface area contributed by atoms with Crippen LogP contribution in [0.1, 0.15) is 30.4 Å². The molecule has 5 rings (SSSR count). The fourth-order valence-corrected chi connectivity index (χ4v) is 5.01. The second-order valence-electron chi connectivity index (χ2n) is 7.58. The van der Waals surface area contributed by atoms with Crippen LogP contribution < -0.4 is 9.47 Å². The molecule has 0 amide bonds. The zero-order chi connectivity index (χ0) is 17.7. The van der Waals surface area contributed by atoms with Gasteiger partial charge in [-0.15, -0.1) is 0 Å². The summed E-state index contributed by atoms with van der Waals surface area (Å²) in [5.41, 5.74) is 3.03. The van der Waals surface area contributed by atoms with Gasteiger partial charge in [0, 0.05) is 12.6 Å². The van der Waals surface area contributed by atoms with E-state index in [2.05, 4.69) is 41.3 Å². The van der Waals surface area contributed by atoms with Crippen LogP contribution in [0.15, 0.2) is 36.4 Å². The molecule has 0 aliphatic carbocycles. The van der Waals surface area contributed by atoms with Crippen molar-refractivity contribution in [3.63, 3.8) is 0 Å². The molecule has 2 aliphatic heterocycles. The van der Waals surface area contributed by atoms with Gasteiger partial charge in [-0.3, -0.25) is 4.90 Å². The van der Waals surface area contributed by atoms with Gasteiger partial charge in [0.05, 0.1) is 14.2 Å². The summed E-state index contributed by atoms with van der Waals surface area (Å²) in [5.74, 6) is 1.63. The number of hydrogen-bond donors (Lipinski definition) is 0. The molecule has 2 heterocycles. The fourth-order valence-electron chi connectivity index (χ4n) is 5.01. The first kappa shape index (κ1) is 16.0. The summed E-state index contributed by atoms with van der Waals surface area (Å²) < 4.78 is 11.2. The van der Waals surface area contributed by atoms with E-state index >= 15 is 0 Å². The van der Waals surface area contributed by atoms with Gasteiger partial charge >= 0.3 is 0 Å². The number of fused-ring (bicyclic) bond motifs is 7. The monoisotopic (exact) mass is 347 g/mol. The van der Waals surface area contributed by atoms with Crippen LogP contribution in [0.2, 0.25) is 0 Å². The summed E-state index contributed by atoms with van der Waals surface area (Å²) in [6, 6.07) is 13.9. The van der Waals surface area contributed by atoms with Crippen LogP contribution in [0, 0.1) is 0 Å². The van der Waals surface area contributed by atoms with Crippen LogP contribution >= 0.6 is 0 Å². The molecule has 1 atom stereocenters. The molecule has 0 radical (unpaired) electrons. The van der Waals surface area contributed by atoms with Crippen molar-refractivity contribution in [3.05, 3.63) is 47.5 Å². The van der Waals surface area contributed by atoms with Crippen molar-refractivity contribution in [2.45, 2.75) is 38.3 Å². The average molecular weight is 347 g/mol. The Morgan fingerprint density at radius 2 is 1.58 bits per heavy atom. The zero-order valence-corrected chi connectivity index (χ0v) is 15.5. The Bertz CT molecular complexity index is 995. The van der Waals surface area contributed by atoms with Crippen molar-refractivity contribution >= 4 is 21.5 Å². The minimum absolute atomic E-state index is 0.689. The predicted molar refractivity (Wildman–Crippen MR) is 106 cm³/mol. The molecule has 1 unspecified atom stereocenters. The first-order chi connectivity index (χ1) is 12.8. The van der Waals surface area contributed by atoms with Crippen molar-refractivity contribution in [1.82, 2.24) is 4.90 Å². The first-order valence-corrected chi connectivity index (χ1v) is 9.62. The van der Waals surface area contributed by atoms with E-state index in [1.807, 2.05) is 0 Å². The third-order valence-corrected chi connectivity index (χ3v) is 6.31. The zero-order valence-electron chi connectivity index (χ0n) is 15.5. The van der Waals surface area contributed by atoms with Gasteiger partial charge in [0.25, 0.3) is 0 Å². The summed E-state index contributed by atoms with van der Waals surface area (Å²) >= 11 is 0. The van der Waals surface area contributed by atoms with Crippen LogP contribution in [0.5, 0.6) is 11.5 Å². The Balaban J connectivity index is 1.84. The molecule has 3 nitrogen and oxygen atoms in total. The molecule has 1 saturated heterocycles. The minimum atomic E-state index is 0.689. The van der Waals surface area contributed by atoms with Crippen molar-refractivity contribution in [1.29, 1.82) is 0 Å². The Labute approximate surface area is 154 Å². The lowest BCUT2D eigenvalue weighted by Gasteiger charge is -2.41. The van der Waals surface area contributed by atoms with Crippen LogP contribution in [0.3, 0.4) is 0 Å². The topological polar surface area (TPSA) is 21.7 Å². The number of piperidine rings is 1. The number of hydrogen-bond acceptors (Lipinski definition) is 3. The lowest BCUT2D eigenvalue weighted by Crippen LogP contribution is -2.43. The maximum atomic E-state index is 5.62. The summed E-state index contributed by atoms with van der Waals surface area (Å²) in [6.45, 7) is 2.31. The standard InChI is InChI=1S/C23H25NO2/c1-25-22-12-19-16-8-3-4-9-17(16)21-14-24-10-6-5-7-15(24)11-18(21)20(19)13-23(22)26-2/h3-4,8-9,12-13,15H,5-7,10-11,14H2,1-2H3. The van der Waals surface area contributed by atoms with Crippen molar-refractivity contribution in [2.24, 2.45) is 0 Å². The molecule has 0 N–H and O–H groups in total. The molecule has 0 aromatic heterocycles. The SMILES string of the molecule is COc1cc2c3c(c4ccccc4c2cc1OC)CN1CCCCC1C3. The molecule has 1 fully saturated rings. The largest absolute Gasteiger partial charge is 0.493 e. The van der Waals surface area contributed by atoms with Crippen molar-refractivity contribution < 1.29 is 9.47 Å². The summed E-state index contributed by atoms with van der Waals surface area (Å²) in [5, 5.41) is 5.33. The van der Waals surface area contributed by atoms with Crippen molar-refractivity contribution in [3.8, 4) is 11.5 Å². The molecule has 3 heteroatoms. The Morgan fingerprint density at radius 1 is 0.846 bits per heavy atom. The maximum Gasteiger partial charge on any atom is 0.161 e. The Hall–Kier alpha value is -2.26. The lowest BCUT2D eigenvalue weighted by molar-refractivity contribution is 0.128. The highest BCUT2D eigenvalue weighted by molar-refractivity contribution is 6.11. The first-order valence-electron chi connectivity index (χ1n) is 9.62. The molecule has 0 bridgehead atoms. The lowest BCUT2D eigenvalue weighted by atomic mass is 9.82. The van der Waals surface area contributed by atoms with Gasteiger partial charge in [0.15, 0.2) is 11.5 Å². The number of methoxy groups -OCH3 is 2. The van der Waals surface area contributed by atoms with Gasteiger partial charge < -0.3 is 9.47 Å². The van der Waals surface area contributed by atoms with E-state index in [1.165, 1.54) is 58.5 Å². The number of rotatable bonds is 2. The van der Waals surface area contributed by atoms with E-state index in [4.69, 9.17) is 9.47 Å². The molecular formula is C23H25NO2. The van der Waals surface area contributed by atoms with Gasteiger partial charge in [-0.1, -0.05) is 30.7 Å². The van der Waals surface area contributed by atoms with Crippen LogP contribution in [-0.2, 0) is 13.0 Å². The van der Waals surface area contributed by atoms with E-state index in [1.54, 1.807) is 14.2 Å². The van der Waals surface area contributed by atoms with Gasteiger partial charge in [-0.2, -0.15) is 0 Å². The molecule has 26 heavy (non-hydrogen) atoms. The average Bonchev–Trinajstić information content (AvgIpc) is 2.71.